The summed E-state index contributed by atoms with van der Waals surface area (Å²) in [6, 6.07) is 8.23. The minimum Gasteiger partial charge on any atom is -0.460 e. The minimum absolute atomic E-state index is 0.0463. The van der Waals surface area contributed by atoms with Crippen LogP contribution in [0, 0.1) is 11.8 Å². The Hall–Kier alpha value is -1.56. The minimum atomic E-state index is -0.545. The molecule has 0 saturated carbocycles. The second-order valence-electron chi connectivity index (χ2n) is 9.77. The van der Waals surface area contributed by atoms with Crippen LogP contribution in [0.1, 0.15) is 59.1 Å². The van der Waals surface area contributed by atoms with Crippen LogP contribution in [0.4, 0.5) is 4.79 Å². The fourth-order valence-electron chi connectivity index (χ4n) is 3.52. The van der Waals surface area contributed by atoms with Gasteiger partial charge in [-0.2, -0.15) is 0 Å². The molecule has 2 atom stereocenters. The Morgan fingerprint density at radius 1 is 1.10 bits per heavy atom. The van der Waals surface area contributed by atoms with Crippen LogP contribution >= 0.6 is 15.9 Å². The topological polar surface area (TPSA) is 55.8 Å². The zero-order chi connectivity index (χ0) is 21.8. The molecule has 6 heteroatoms. The molecule has 2 rings (SSSR count). The number of halogens is 1. The molecule has 0 unspecified atom stereocenters. The van der Waals surface area contributed by atoms with E-state index in [4.69, 9.17) is 9.47 Å². The molecule has 1 aliphatic heterocycles. The quantitative estimate of drug-likeness (QED) is 0.433. The lowest BCUT2D eigenvalue weighted by Gasteiger charge is -2.28. The van der Waals surface area contributed by atoms with Gasteiger partial charge in [0.05, 0.1) is 5.92 Å². The maximum atomic E-state index is 13.0. The van der Waals surface area contributed by atoms with Gasteiger partial charge in [-0.25, -0.2) is 4.79 Å². The Bertz CT molecular complexity index is 720. The lowest BCUT2D eigenvalue weighted by Crippen LogP contribution is -2.38. The van der Waals surface area contributed by atoms with E-state index in [1.165, 1.54) is 5.56 Å². The molecule has 0 bridgehead atoms. The number of carbonyl (C=O) groups is 2. The number of esters is 1. The number of nitrogens with zero attached hydrogens (tertiary/aromatic N) is 1. The normalized spacial score (nSPS) is 18.4. The van der Waals surface area contributed by atoms with Crippen LogP contribution in [0.15, 0.2) is 24.3 Å². The van der Waals surface area contributed by atoms with Gasteiger partial charge in [-0.15, -0.1) is 0 Å². The van der Waals surface area contributed by atoms with Gasteiger partial charge >= 0.3 is 12.1 Å². The van der Waals surface area contributed by atoms with E-state index in [1.54, 1.807) is 4.90 Å². The Labute approximate surface area is 183 Å². The zero-order valence-electron chi connectivity index (χ0n) is 18.5. The molecule has 0 aliphatic carbocycles. The summed E-state index contributed by atoms with van der Waals surface area (Å²) in [5.74, 6) is -0.449. The van der Waals surface area contributed by atoms with Crippen LogP contribution in [0.3, 0.4) is 0 Å². The summed E-state index contributed by atoms with van der Waals surface area (Å²) < 4.78 is 11.2. The van der Waals surface area contributed by atoms with Gasteiger partial charge in [-0.3, -0.25) is 4.79 Å². The Morgan fingerprint density at radius 3 is 2.31 bits per heavy atom. The first kappa shape index (κ1) is 23.7. The molecule has 0 aromatic heterocycles. The van der Waals surface area contributed by atoms with E-state index in [1.807, 2.05) is 53.7 Å². The number of rotatable bonds is 5. The molecule has 5 nitrogen and oxygen atoms in total. The summed E-state index contributed by atoms with van der Waals surface area (Å²) in [7, 11) is 0. The molecule has 1 amide bonds. The number of carbonyl (C=O) groups excluding carboxylic acids is 2. The van der Waals surface area contributed by atoms with E-state index in [0.717, 1.165) is 17.3 Å². The molecule has 1 saturated heterocycles. The van der Waals surface area contributed by atoms with Gasteiger partial charge in [-0.05, 0) is 71.4 Å². The second-order valence-corrected chi connectivity index (χ2v) is 10.3. The fourth-order valence-corrected chi connectivity index (χ4v) is 3.87. The number of alkyl halides is 1. The first-order valence-electron chi connectivity index (χ1n) is 10.2. The number of likely N-dealkylation sites (tertiary alicyclic amines) is 1. The molecule has 1 aromatic carbocycles. The molecular weight excluding hydrogens is 434 g/mol. The third-order valence-corrected chi connectivity index (χ3v) is 5.40. The molecule has 0 radical (unpaired) electrons. The molecule has 1 aromatic rings. The Morgan fingerprint density at radius 2 is 1.72 bits per heavy atom. The number of amides is 1. The van der Waals surface area contributed by atoms with Crippen molar-refractivity contribution >= 4 is 28.0 Å². The largest absolute Gasteiger partial charge is 0.460 e. The molecule has 29 heavy (non-hydrogen) atoms. The highest BCUT2D eigenvalue weighted by Gasteiger charge is 2.39. The Balaban J connectivity index is 2.17. The second kappa shape index (κ2) is 9.50. The molecule has 162 valence electrons. The highest BCUT2D eigenvalue weighted by atomic mass is 79.9. The van der Waals surface area contributed by atoms with Crippen molar-refractivity contribution in [2.75, 3.05) is 13.1 Å². The third-order valence-electron chi connectivity index (χ3n) is 4.76. The molecule has 1 heterocycles. The van der Waals surface area contributed by atoms with Gasteiger partial charge in [0.15, 0.2) is 0 Å². The monoisotopic (exact) mass is 467 g/mol. The number of hydrogen-bond acceptors (Lipinski definition) is 4. The predicted molar refractivity (Wildman–Crippen MR) is 118 cm³/mol. The molecule has 0 N–H and O–H groups in total. The van der Waals surface area contributed by atoms with Gasteiger partial charge < -0.3 is 14.4 Å². The highest BCUT2D eigenvalue weighted by molar-refractivity contribution is 9.08. The Kier molecular flexibility index (Phi) is 7.77. The van der Waals surface area contributed by atoms with Gasteiger partial charge in [0.1, 0.15) is 11.2 Å². The van der Waals surface area contributed by atoms with Crippen LogP contribution < -0.4 is 0 Å². The molecule has 0 spiro atoms. The first-order valence-corrected chi connectivity index (χ1v) is 11.3. The van der Waals surface area contributed by atoms with E-state index in [0.29, 0.717) is 19.5 Å². The predicted octanol–water partition coefficient (Wildman–Crippen LogP) is 5.34. The zero-order valence-corrected chi connectivity index (χ0v) is 20.0. The summed E-state index contributed by atoms with van der Waals surface area (Å²) in [6.07, 6.45) is 1.05. The summed E-state index contributed by atoms with van der Waals surface area (Å²) in [5.41, 5.74) is 1.20. The average molecular weight is 468 g/mol. The molecule has 1 aliphatic rings. The van der Waals surface area contributed by atoms with E-state index in [9.17, 15) is 9.59 Å². The van der Waals surface area contributed by atoms with Crippen molar-refractivity contribution in [2.45, 2.75) is 70.9 Å². The van der Waals surface area contributed by atoms with Crippen LogP contribution in [0.25, 0.3) is 0 Å². The van der Waals surface area contributed by atoms with E-state index >= 15 is 0 Å². The van der Waals surface area contributed by atoms with Gasteiger partial charge in [0.25, 0.3) is 0 Å². The summed E-state index contributed by atoms with van der Waals surface area (Å²) in [5, 5.41) is 0.772. The van der Waals surface area contributed by atoms with Crippen LogP contribution in [0.5, 0.6) is 0 Å². The van der Waals surface area contributed by atoms with Crippen LogP contribution in [-0.4, -0.2) is 41.3 Å². The van der Waals surface area contributed by atoms with Crippen molar-refractivity contribution in [3.05, 3.63) is 35.4 Å². The van der Waals surface area contributed by atoms with E-state index in [2.05, 4.69) is 28.1 Å². The average Bonchev–Trinajstić information content (AvgIpc) is 3.06. The standard InChI is InChI=1S/C23H34BrNO4/c1-22(2,3)28-20(26)19(13-16-8-7-9-17(12-16)14-24)18-10-11-25(15-18)21(27)29-23(4,5)6/h7-9,12,18-19H,10-11,13-15H2,1-6H3/t18-,19-/m0/s1. The first-order chi connectivity index (χ1) is 13.4. The van der Waals surface area contributed by atoms with Gasteiger partial charge in [0, 0.05) is 18.4 Å². The van der Waals surface area contributed by atoms with E-state index in [-0.39, 0.29) is 23.9 Å². The fraction of sp³-hybridized carbons (Fsp3) is 0.652. The van der Waals surface area contributed by atoms with Crippen LogP contribution in [-0.2, 0) is 26.0 Å². The molecule has 1 fully saturated rings. The SMILES string of the molecule is CC(C)(C)OC(=O)[C@@H](Cc1cccc(CBr)c1)[C@H]1CCN(C(=O)OC(C)(C)C)C1. The summed E-state index contributed by atoms with van der Waals surface area (Å²) >= 11 is 3.49. The van der Waals surface area contributed by atoms with Crippen molar-refractivity contribution in [2.24, 2.45) is 11.8 Å². The maximum absolute atomic E-state index is 13.0. The van der Waals surface area contributed by atoms with Crippen molar-refractivity contribution in [3.63, 3.8) is 0 Å². The highest BCUT2D eigenvalue weighted by Crippen LogP contribution is 2.31. The summed E-state index contributed by atoms with van der Waals surface area (Å²) in [6.45, 7) is 12.3. The third kappa shape index (κ3) is 7.65. The smallest absolute Gasteiger partial charge is 0.410 e. The van der Waals surface area contributed by atoms with Crippen molar-refractivity contribution in [3.8, 4) is 0 Å². The number of hydrogen-bond donors (Lipinski definition) is 0. The van der Waals surface area contributed by atoms with E-state index < -0.39 is 11.2 Å². The number of benzene rings is 1. The number of ether oxygens (including phenoxy) is 2. The lowest BCUT2D eigenvalue weighted by atomic mass is 9.85. The van der Waals surface area contributed by atoms with Gasteiger partial charge in [-0.1, -0.05) is 40.2 Å². The van der Waals surface area contributed by atoms with Crippen LogP contribution in [0.2, 0.25) is 0 Å². The van der Waals surface area contributed by atoms with Crippen molar-refractivity contribution in [1.82, 2.24) is 4.90 Å². The summed E-state index contributed by atoms with van der Waals surface area (Å²) in [4.78, 5) is 27.2. The maximum Gasteiger partial charge on any atom is 0.410 e. The van der Waals surface area contributed by atoms with Crippen molar-refractivity contribution < 1.29 is 19.1 Å². The lowest BCUT2D eigenvalue weighted by molar-refractivity contribution is -0.161. The van der Waals surface area contributed by atoms with Gasteiger partial charge in [0.2, 0.25) is 0 Å². The molecular formula is C23H34BrNO4. The van der Waals surface area contributed by atoms with Crippen molar-refractivity contribution in [1.29, 1.82) is 0 Å².